The normalized spacial score (nSPS) is 11.0. The zero-order valence-electron chi connectivity index (χ0n) is 12.2. The molecule has 20 heavy (non-hydrogen) atoms. The molecule has 110 valence electrons. The summed E-state index contributed by atoms with van der Waals surface area (Å²) in [5, 5.41) is 1.17. The van der Waals surface area contributed by atoms with E-state index in [9.17, 15) is 0 Å². The van der Waals surface area contributed by atoms with E-state index < -0.39 is 0 Å². The molecule has 0 radical (unpaired) electrons. The summed E-state index contributed by atoms with van der Waals surface area (Å²) >= 11 is 0. The van der Waals surface area contributed by atoms with E-state index in [1.165, 1.54) is 10.9 Å². The van der Waals surface area contributed by atoms with E-state index in [4.69, 9.17) is 20.9 Å². The average molecular weight is 277 g/mol. The molecule has 0 bridgehead atoms. The number of nitrogens with two attached hydrogens (primary N) is 2. The van der Waals surface area contributed by atoms with Crippen molar-refractivity contribution in [1.82, 2.24) is 4.57 Å². The lowest BCUT2D eigenvalue weighted by Crippen LogP contribution is -2.05. The van der Waals surface area contributed by atoms with Crippen LogP contribution in [-0.4, -0.2) is 31.9 Å². The summed E-state index contributed by atoms with van der Waals surface area (Å²) in [7, 11) is 3.30. The molecule has 0 amide bonds. The van der Waals surface area contributed by atoms with Crippen LogP contribution in [0.5, 0.6) is 11.5 Å². The molecule has 0 saturated carbocycles. The Bertz CT molecular complexity index is 578. The van der Waals surface area contributed by atoms with E-state index in [-0.39, 0.29) is 0 Å². The van der Waals surface area contributed by atoms with Crippen LogP contribution in [-0.2, 0) is 13.0 Å². The van der Waals surface area contributed by atoms with Gasteiger partial charge in [-0.1, -0.05) is 0 Å². The Balaban J connectivity index is 2.56. The number of fused-ring (bicyclic) bond motifs is 1. The molecular weight excluding hydrogens is 254 g/mol. The highest BCUT2D eigenvalue weighted by Gasteiger charge is 2.13. The SMILES string of the molecule is COc1cc2c(CCN)cn(CCCN)c2cc1OC. The van der Waals surface area contributed by atoms with Crippen molar-refractivity contribution in [2.75, 3.05) is 27.3 Å². The predicted molar refractivity (Wildman–Crippen MR) is 81.5 cm³/mol. The molecule has 5 heteroatoms. The number of hydrogen-bond donors (Lipinski definition) is 2. The molecule has 0 aliphatic rings. The number of benzene rings is 1. The second-order valence-electron chi connectivity index (χ2n) is 4.75. The molecule has 1 aromatic carbocycles. The Morgan fingerprint density at radius 1 is 1.05 bits per heavy atom. The van der Waals surface area contributed by atoms with E-state index >= 15 is 0 Å². The van der Waals surface area contributed by atoms with E-state index in [0.717, 1.165) is 36.4 Å². The summed E-state index contributed by atoms with van der Waals surface area (Å²) in [5.41, 5.74) is 13.7. The van der Waals surface area contributed by atoms with Crippen LogP contribution in [0.2, 0.25) is 0 Å². The third kappa shape index (κ3) is 2.73. The van der Waals surface area contributed by atoms with Gasteiger partial charge in [-0.3, -0.25) is 0 Å². The first-order valence-corrected chi connectivity index (χ1v) is 6.89. The van der Waals surface area contributed by atoms with Gasteiger partial charge < -0.3 is 25.5 Å². The summed E-state index contributed by atoms with van der Waals surface area (Å²) in [6.07, 6.45) is 3.95. The standard InChI is InChI=1S/C15H23N3O2/c1-19-14-8-12-11(4-6-17)10-18(7-3-5-16)13(12)9-15(14)20-2/h8-10H,3-7,16-17H2,1-2H3. The van der Waals surface area contributed by atoms with Gasteiger partial charge in [0.1, 0.15) is 0 Å². The fourth-order valence-electron chi connectivity index (χ4n) is 2.49. The van der Waals surface area contributed by atoms with Crippen LogP contribution in [0.4, 0.5) is 0 Å². The summed E-state index contributed by atoms with van der Waals surface area (Å²) < 4.78 is 13.0. The summed E-state index contributed by atoms with van der Waals surface area (Å²) in [4.78, 5) is 0. The topological polar surface area (TPSA) is 75.4 Å². The van der Waals surface area contributed by atoms with Crippen LogP contribution in [0.1, 0.15) is 12.0 Å². The Morgan fingerprint density at radius 2 is 1.75 bits per heavy atom. The van der Waals surface area contributed by atoms with Gasteiger partial charge in [0, 0.05) is 24.2 Å². The molecule has 0 spiro atoms. The molecule has 0 unspecified atom stereocenters. The molecular formula is C15H23N3O2. The molecule has 0 saturated heterocycles. The van der Waals surface area contributed by atoms with Crippen LogP contribution >= 0.6 is 0 Å². The van der Waals surface area contributed by atoms with Gasteiger partial charge in [0.2, 0.25) is 0 Å². The zero-order chi connectivity index (χ0) is 14.5. The number of hydrogen-bond acceptors (Lipinski definition) is 4. The maximum absolute atomic E-state index is 5.70. The van der Waals surface area contributed by atoms with Crippen LogP contribution in [0.15, 0.2) is 18.3 Å². The van der Waals surface area contributed by atoms with Gasteiger partial charge in [0.25, 0.3) is 0 Å². The number of aryl methyl sites for hydroxylation is 1. The largest absolute Gasteiger partial charge is 0.493 e. The smallest absolute Gasteiger partial charge is 0.162 e. The van der Waals surface area contributed by atoms with Gasteiger partial charge in [0.05, 0.1) is 19.7 Å². The molecule has 2 aromatic rings. The van der Waals surface area contributed by atoms with Crippen molar-refractivity contribution >= 4 is 10.9 Å². The van der Waals surface area contributed by atoms with Gasteiger partial charge in [-0.05, 0) is 37.6 Å². The maximum Gasteiger partial charge on any atom is 0.162 e. The lowest BCUT2D eigenvalue weighted by molar-refractivity contribution is 0.355. The van der Waals surface area contributed by atoms with Crippen LogP contribution in [0.3, 0.4) is 0 Å². The van der Waals surface area contributed by atoms with Crippen LogP contribution in [0.25, 0.3) is 10.9 Å². The molecule has 1 aromatic heterocycles. The average Bonchev–Trinajstić information content (AvgIpc) is 2.81. The van der Waals surface area contributed by atoms with Gasteiger partial charge in [-0.2, -0.15) is 0 Å². The zero-order valence-corrected chi connectivity index (χ0v) is 12.2. The maximum atomic E-state index is 5.70. The first-order chi connectivity index (χ1) is 9.74. The van der Waals surface area contributed by atoms with Gasteiger partial charge in [0.15, 0.2) is 11.5 Å². The number of nitrogens with zero attached hydrogens (tertiary/aromatic N) is 1. The van der Waals surface area contributed by atoms with Crippen LogP contribution < -0.4 is 20.9 Å². The van der Waals surface area contributed by atoms with Crippen molar-refractivity contribution in [2.45, 2.75) is 19.4 Å². The van der Waals surface area contributed by atoms with Crippen molar-refractivity contribution in [3.63, 3.8) is 0 Å². The first-order valence-electron chi connectivity index (χ1n) is 6.89. The van der Waals surface area contributed by atoms with Gasteiger partial charge in [-0.25, -0.2) is 0 Å². The Morgan fingerprint density at radius 3 is 2.35 bits per heavy atom. The van der Waals surface area contributed by atoms with E-state index in [1.807, 2.05) is 12.1 Å². The van der Waals surface area contributed by atoms with Crippen molar-refractivity contribution in [3.05, 3.63) is 23.9 Å². The lowest BCUT2D eigenvalue weighted by Gasteiger charge is -2.10. The first kappa shape index (κ1) is 14.7. The minimum Gasteiger partial charge on any atom is -0.493 e. The Hall–Kier alpha value is -1.72. The second kappa shape index (κ2) is 6.63. The summed E-state index contributed by atoms with van der Waals surface area (Å²) in [6, 6.07) is 4.04. The fourth-order valence-corrected chi connectivity index (χ4v) is 2.49. The Kier molecular flexibility index (Phi) is 4.87. The molecule has 0 aliphatic carbocycles. The van der Waals surface area contributed by atoms with E-state index in [2.05, 4.69) is 10.8 Å². The molecule has 1 heterocycles. The third-order valence-electron chi connectivity index (χ3n) is 3.49. The summed E-state index contributed by atoms with van der Waals surface area (Å²) in [6.45, 7) is 2.20. The molecule has 5 nitrogen and oxygen atoms in total. The molecule has 0 aliphatic heterocycles. The van der Waals surface area contributed by atoms with Crippen molar-refractivity contribution in [3.8, 4) is 11.5 Å². The van der Waals surface area contributed by atoms with Crippen molar-refractivity contribution in [1.29, 1.82) is 0 Å². The van der Waals surface area contributed by atoms with Gasteiger partial charge >= 0.3 is 0 Å². The lowest BCUT2D eigenvalue weighted by atomic mass is 10.1. The number of methoxy groups -OCH3 is 2. The minimum atomic E-state index is 0.629. The number of ether oxygens (including phenoxy) is 2. The monoisotopic (exact) mass is 277 g/mol. The summed E-state index contributed by atoms with van der Waals surface area (Å²) in [5.74, 6) is 1.49. The quantitative estimate of drug-likeness (QED) is 0.804. The molecule has 2 rings (SSSR count). The Labute approximate surface area is 119 Å². The molecule has 0 fully saturated rings. The third-order valence-corrected chi connectivity index (χ3v) is 3.49. The number of rotatable bonds is 7. The highest BCUT2D eigenvalue weighted by molar-refractivity contribution is 5.87. The number of aromatic nitrogens is 1. The van der Waals surface area contributed by atoms with Gasteiger partial charge in [-0.15, -0.1) is 0 Å². The highest BCUT2D eigenvalue weighted by Crippen LogP contribution is 2.34. The minimum absolute atomic E-state index is 0.629. The van der Waals surface area contributed by atoms with Crippen LogP contribution in [0, 0.1) is 0 Å². The second-order valence-corrected chi connectivity index (χ2v) is 4.75. The molecule has 4 N–H and O–H groups in total. The highest BCUT2D eigenvalue weighted by atomic mass is 16.5. The predicted octanol–water partition coefficient (Wildman–Crippen LogP) is 1.51. The molecule has 0 atom stereocenters. The fraction of sp³-hybridized carbons (Fsp3) is 0.467. The van der Waals surface area contributed by atoms with Crippen molar-refractivity contribution in [2.24, 2.45) is 11.5 Å². The van der Waals surface area contributed by atoms with Crippen molar-refractivity contribution < 1.29 is 9.47 Å². The van der Waals surface area contributed by atoms with E-state index in [1.54, 1.807) is 14.2 Å². The van der Waals surface area contributed by atoms with E-state index in [0.29, 0.717) is 13.1 Å².